The fourth-order valence-corrected chi connectivity index (χ4v) is 1.83. The molecular formula is C14H21F2N3O2. The number of aliphatic imine (C=N–C) groups is 1. The lowest BCUT2D eigenvalue weighted by atomic mass is 10.2. The summed E-state index contributed by atoms with van der Waals surface area (Å²) >= 11 is 0. The van der Waals surface area contributed by atoms with Gasteiger partial charge in [-0.2, -0.15) is 8.78 Å². The molecule has 0 aliphatic heterocycles. The van der Waals surface area contributed by atoms with Crippen molar-refractivity contribution in [2.45, 2.75) is 27.0 Å². The first-order chi connectivity index (χ1) is 10.0. The molecule has 1 aromatic rings. The number of methoxy groups -OCH3 is 1. The molecule has 0 bridgehead atoms. The third-order valence-corrected chi connectivity index (χ3v) is 2.98. The molecule has 1 rings (SSSR count). The van der Waals surface area contributed by atoms with E-state index in [4.69, 9.17) is 10.5 Å². The molecular weight excluding hydrogens is 280 g/mol. The molecule has 0 radical (unpaired) electrons. The van der Waals surface area contributed by atoms with Crippen LogP contribution in [0.15, 0.2) is 23.2 Å². The van der Waals surface area contributed by atoms with E-state index in [1.807, 2.05) is 18.7 Å². The lowest BCUT2D eigenvalue weighted by Crippen LogP contribution is -2.37. The highest BCUT2D eigenvalue weighted by molar-refractivity contribution is 5.78. The van der Waals surface area contributed by atoms with E-state index in [9.17, 15) is 8.78 Å². The van der Waals surface area contributed by atoms with E-state index >= 15 is 0 Å². The third-order valence-electron chi connectivity index (χ3n) is 2.98. The van der Waals surface area contributed by atoms with Crippen LogP contribution in [0.5, 0.6) is 11.5 Å². The van der Waals surface area contributed by atoms with Crippen molar-refractivity contribution in [2.24, 2.45) is 10.7 Å². The second-order valence-electron chi connectivity index (χ2n) is 4.20. The number of nitrogens with two attached hydrogens (primary N) is 1. The molecule has 1 aromatic carbocycles. The molecule has 21 heavy (non-hydrogen) atoms. The van der Waals surface area contributed by atoms with Crippen molar-refractivity contribution >= 4 is 5.96 Å². The number of halogens is 2. The van der Waals surface area contributed by atoms with Crippen LogP contribution < -0.4 is 15.2 Å². The molecule has 0 fully saturated rings. The normalized spacial score (nSPS) is 11.6. The second kappa shape index (κ2) is 8.28. The molecule has 2 N–H and O–H groups in total. The van der Waals surface area contributed by atoms with Crippen LogP contribution >= 0.6 is 0 Å². The topological polar surface area (TPSA) is 60.1 Å². The van der Waals surface area contributed by atoms with E-state index in [1.54, 1.807) is 12.1 Å². The first-order valence-electron chi connectivity index (χ1n) is 6.68. The van der Waals surface area contributed by atoms with Crippen LogP contribution in [0, 0.1) is 0 Å². The summed E-state index contributed by atoms with van der Waals surface area (Å²) in [4.78, 5) is 6.09. The largest absolute Gasteiger partial charge is 0.497 e. The molecule has 118 valence electrons. The molecule has 0 heterocycles. The fraction of sp³-hybridized carbons (Fsp3) is 0.500. The Balaban J connectivity index is 2.96. The zero-order valence-corrected chi connectivity index (χ0v) is 12.5. The van der Waals surface area contributed by atoms with E-state index in [2.05, 4.69) is 9.73 Å². The first-order valence-corrected chi connectivity index (χ1v) is 6.68. The zero-order valence-electron chi connectivity index (χ0n) is 12.5. The maximum atomic E-state index is 12.4. The molecule has 0 saturated heterocycles. The Morgan fingerprint density at radius 3 is 2.52 bits per heavy atom. The summed E-state index contributed by atoms with van der Waals surface area (Å²) in [6.07, 6.45) is 0. The number of benzene rings is 1. The van der Waals surface area contributed by atoms with Gasteiger partial charge < -0.3 is 20.1 Å². The van der Waals surface area contributed by atoms with Crippen LogP contribution in [0.25, 0.3) is 0 Å². The average molecular weight is 301 g/mol. The van der Waals surface area contributed by atoms with Gasteiger partial charge in [-0.15, -0.1) is 0 Å². The van der Waals surface area contributed by atoms with Crippen LogP contribution in [0.1, 0.15) is 19.4 Å². The molecule has 0 aliphatic rings. The minimum atomic E-state index is -2.89. The third kappa shape index (κ3) is 5.09. The van der Waals surface area contributed by atoms with Gasteiger partial charge >= 0.3 is 6.61 Å². The second-order valence-corrected chi connectivity index (χ2v) is 4.20. The number of ether oxygens (including phenoxy) is 2. The molecule has 0 aliphatic carbocycles. The van der Waals surface area contributed by atoms with Gasteiger partial charge in [0, 0.05) is 18.7 Å². The van der Waals surface area contributed by atoms with Gasteiger partial charge in [0.25, 0.3) is 0 Å². The fourth-order valence-electron chi connectivity index (χ4n) is 1.83. The highest BCUT2D eigenvalue weighted by atomic mass is 19.3. The Kier molecular flexibility index (Phi) is 6.71. The summed E-state index contributed by atoms with van der Waals surface area (Å²) in [5.41, 5.74) is 6.35. The van der Waals surface area contributed by atoms with Gasteiger partial charge in [-0.3, -0.25) is 0 Å². The summed E-state index contributed by atoms with van der Waals surface area (Å²) in [7, 11) is 1.50. The number of rotatable bonds is 7. The molecule has 0 unspecified atom stereocenters. The highest BCUT2D eigenvalue weighted by Crippen LogP contribution is 2.26. The molecule has 7 heteroatoms. The van der Waals surface area contributed by atoms with E-state index in [1.165, 1.54) is 13.2 Å². The van der Waals surface area contributed by atoms with Crippen LogP contribution in [0.2, 0.25) is 0 Å². The van der Waals surface area contributed by atoms with Crippen LogP contribution in [-0.2, 0) is 6.54 Å². The molecule has 0 saturated carbocycles. The number of hydrogen-bond donors (Lipinski definition) is 1. The van der Waals surface area contributed by atoms with Crippen molar-refractivity contribution in [1.29, 1.82) is 0 Å². The average Bonchev–Trinajstić information content (AvgIpc) is 2.47. The van der Waals surface area contributed by atoms with Gasteiger partial charge in [-0.1, -0.05) is 0 Å². The first kappa shape index (κ1) is 17.0. The Labute approximate surface area is 123 Å². The van der Waals surface area contributed by atoms with E-state index in [0.29, 0.717) is 17.3 Å². The minimum Gasteiger partial charge on any atom is -0.497 e. The number of nitrogens with zero attached hydrogens (tertiary/aromatic N) is 2. The van der Waals surface area contributed by atoms with E-state index in [0.717, 1.165) is 13.1 Å². The zero-order chi connectivity index (χ0) is 15.8. The van der Waals surface area contributed by atoms with Gasteiger partial charge in [0.15, 0.2) is 5.96 Å². The van der Waals surface area contributed by atoms with Crippen molar-refractivity contribution in [1.82, 2.24) is 4.90 Å². The molecule has 0 atom stereocenters. The Bertz CT molecular complexity index is 477. The van der Waals surface area contributed by atoms with Gasteiger partial charge in [0.2, 0.25) is 0 Å². The lowest BCUT2D eigenvalue weighted by molar-refractivity contribution is -0.0504. The SMILES string of the molecule is CCN(CC)C(N)=NCc1cc(OC)ccc1OC(F)F. The maximum absolute atomic E-state index is 12.4. The van der Waals surface area contributed by atoms with Crippen LogP contribution in [-0.4, -0.2) is 37.7 Å². The van der Waals surface area contributed by atoms with Crippen molar-refractivity contribution in [3.05, 3.63) is 23.8 Å². The molecule has 0 amide bonds. The molecule has 5 nitrogen and oxygen atoms in total. The summed E-state index contributed by atoms with van der Waals surface area (Å²) in [5, 5.41) is 0. The van der Waals surface area contributed by atoms with Gasteiger partial charge in [-0.05, 0) is 32.0 Å². The van der Waals surface area contributed by atoms with Crippen molar-refractivity contribution < 1.29 is 18.3 Å². The van der Waals surface area contributed by atoms with Crippen molar-refractivity contribution in [3.8, 4) is 11.5 Å². The maximum Gasteiger partial charge on any atom is 0.387 e. The lowest BCUT2D eigenvalue weighted by Gasteiger charge is -2.19. The minimum absolute atomic E-state index is 0.0712. The highest BCUT2D eigenvalue weighted by Gasteiger charge is 2.11. The number of guanidine groups is 1. The Hall–Kier alpha value is -2.05. The van der Waals surface area contributed by atoms with Gasteiger partial charge in [0.1, 0.15) is 11.5 Å². The Morgan fingerprint density at radius 2 is 2.00 bits per heavy atom. The van der Waals surface area contributed by atoms with E-state index < -0.39 is 6.61 Å². The summed E-state index contributed by atoms with van der Waals surface area (Å²) in [5.74, 6) is 0.982. The summed E-state index contributed by atoms with van der Waals surface area (Å²) in [6.45, 7) is 2.63. The Morgan fingerprint density at radius 1 is 1.33 bits per heavy atom. The number of hydrogen-bond acceptors (Lipinski definition) is 3. The van der Waals surface area contributed by atoms with Crippen molar-refractivity contribution in [3.63, 3.8) is 0 Å². The predicted octanol–water partition coefficient (Wildman–Crippen LogP) is 2.45. The smallest absolute Gasteiger partial charge is 0.387 e. The molecule has 0 aromatic heterocycles. The quantitative estimate of drug-likeness (QED) is 0.621. The van der Waals surface area contributed by atoms with Crippen molar-refractivity contribution in [2.75, 3.05) is 20.2 Å². The van der Waals surface area contributed by atoms with Gasteiger partial charge in [-0.25, -0.2) is 4.99 Å². The monoisotopic (exact) mass is 301 g/mol. The summed E-state index contributed by atoms with van der Waals surface area (Å²) in [6, 6.07) is 4.60. The predicted molar refractivity (Wildman–Crippen MR) is 77.9 cm³/mol. The molecule has 0 spiro atoms. The summed E-state index contributed by atoms with van der Waals surface area (Å²) < 4.78 is 34.3. The van der Waals surface area contributed by atoms with E-state index in [-0.39, 0.29) is 12.3 Å². The van der Waals surface area contributed by atoms with Gasteiger partial charge in [0.05, 0.1) is 13.7 Å². The number of alkyl halides is 2. The van der Waals surface area contributed by atoms with Crippen LogP contribution in [0.4, 0.5) is 8.78 Å². The van der Waals surface area contributed by atoms with Crippen LogP contribution in [0.3, 0.4) is 0 Å². The standard InChI is InChI=1S/C14H21F2N3O2/c1-4-19(5-2)14(17)18-9-10-8-11(20-3)6-7-12(10)21-13(15)16/h6-8,13H,4-5,9H2,1-3H3,(H2,17,18).